The predicted molar refractivity (Wildman–Crippen MR) is 70.4 cm³/mol. The summed E-state index contributed by atoms with van der Waals surface area (Å²) in [5, 5.41) is 19.0. The van der Waals surface area contributed by atoms with Gasteiger partial charge in [-0.15, -0.1) is 0 Å². The maximum Gasteiger partial charge on any atom is 0.321 e. The molecule has 102 valence electrons. The number of nitro benzene ring substituents is 1. The van der Waals surface area contributed by atoms with Crippen molar-refractivity contribution in [2.24, 2.45) is 5.73 Å². The quantitative estimate of drug-likeness (QED) is 0.433. The van der Waals surface area contributed by atoms with Crippen molar-refractivity contribution in [3.63, 3.8) is 0 Å². The van der Waals surface area contributed by atoms with Gasteiger partial charge >= 0.3 is 5.97 Å². The van der Waals surface area contributed by atoms with E-state index in [1.165, 1.54) is 24.3 Å². The van der Waals surface area contributed by atoms with Gasteiger partial charge < -0.3 is 10.8 Å². The minimum absolute atomic E-state index is 0.0821. The zero-order chi connectivity index (χ0) is 14.4. The van der Waals surface area contributed by atoms with E-state index in [2.05, 4.69) is 0 Å². The summed E-state index contributed by atoms with van der Waals surface area (Å²) in [5.74, 6) is -1.12. The number of carbonyl (C=O) groups is 2. The number of carbonyl (C=O) groups excluding carboxylic acids is 1. The Kier molecular flexibility index (Phi) is 5.46. The first-order valence-corrected chi connectivity index (χ1v) is 6.41. The molecule has 0 spiro atoms. The lowest BCUT2D eigenvalue weighted by Crippen LogP contribution is -2.32. The highest BCUT2D eigenvalue weighted by atomic mass is 32.2. The number of ketones is 1. The number of nitrogens with two attached hydrogens (primary N) is 1. The number of aliphatic carboxylic acids is 1. The number of hydrogen-bond acceptors (Lipinski definition) is 6. The number of Topliss-reactive ketones (excluding diaryl/α,β-unsaturated/α-hetero) is 1. The van der Waals surface area contributed by atoms with Crippen LogP contribution in [0, 0.1) is 10.1 Å². The van der Waals surface area contributed by atoms with Crippen LogP contribution in [0.1, 0.15) is 10.4 Å². The molecule has 0 fully saturated rings. The van der Waals surface area contributed by atoms with E-state index in [4.69, 9.17) is 10.8 Å². The maximum atomic E-state index is 11.7. The molecule has 8 heteroatoms. The first kappa shape index (κ1) is 15.1. The standard InChI is InChI=1S/C11H12N2O5S/c12-9(11(15)16)5-19-6-10(14)7-1-3-8(4-2-7)13(17)18/h1-4,9H,5-6,12H2,(H,15,16)/t9-/m0/s1. The normalized spacial score (nSPS) is 11.8. The van der Waals surface area contributed by atoms with Crippen LogP contribution in [-0.2, 0) is 4.79 Å². The molecule has 0 aliphatic carbocycles. The van der Waals surface area contributed by atoms with E-state index in [1.807, 2.05) is 0 Å². The Balaban J connectivity index is 2.50. The summed E-state index contributed by atoms with van der Waals surface area (Å²) in [5.41, 5.74) is 5.55. The highest BCUT2D eigenvalue weighted by Gasteiger charge is 2.13. The molecule has 0 saturated carbocycles. The summed E-state index contributed by atoms with van der Waals surface area (Å²) in [6, 6.07) is 4.24. The monoisotopic (exact) mass is 284 g/mol. The van der Waals surface area contributed by atoms with Gasteiger partial charge in [-0.25, -0.2) is 0 Å². The van der Waals surface area contributed by atoms with Gasteiger partial charge in [0.2, 0.25) is 0 Å². The van der Waals surface area contributed by atoms with Crippen LogP contribution in [0.3, 0.4) is 0 Å². The van der Waals surface area contributed by atoms with Gasteiger partial charge in [0.25, 0.3) is 5.69 Å². The van der Waals surface area contributed by atoms with Gasteiger partial charge in [-0.2, -0.15) is 11.8 Å². The second kappa shape index (κ2) is 6.86. The number of thioether (sulfide) groups is 1. The first-order valence-electron chi connectivity index (χ1n) is 5.25. The number of benzene rings is 1. The molecule has 0 heterocycles. The minimum atomic E-state index is -1.12. The second-order valence-corrected chi connectivity index (χ2v) is 4.72. The molecule has 0 aliphatic rings. The van der Waals surface area contributed by atoms with Gasteiger partial charge in [0, 0.05) is 23.4 Å². The fourth-order valence-electron chi connectivity index (χ4n) is 1.20. The molecule has 0 unspecified atom stereocenters. The molecule has 1 rings (SSSR count). The number of hydrogen-bond donors (Lipinski definition) is 2. The first-order chi connectivity index (χ1) is 8.91. The van der Waals surface area contributed by atoms with Gasteiger partial charge in [0.05, 0.1) is 10.7 Å². The van der Waals surface area contributed by atoms with Crippen LogP contribution < -0.4 is 5.73 Å². The van der Waals surface area contributed by atoms with Crippen LogP contribution in [0.15, 0.2) is 24.3 Å². The Morgan fingerprint density at radius 3 is 2.42 bits per heavy atom. The van der Waals surface area contributed by atoms with Crippen molar-refractivity contribution in [2.75, 3.05) is 11.5 Å². The Morgan fingerprint density at radius 1 is 1.37 bits per heavy atom. The van der Waals surface area contributed by atoms with Gasteiger partial charge in [-0.3, -0.25) is 19.7 Å². The molecule has 0 aromatic heterocycles. The number of nitrogens with zero attached hydrogens (tertiary/aromatic N) is 1. The van der Waals surface area contributed by atoms with Gasteiger partial charge in [0.1, 0.15) is 6.04 Å². The van der Waals surface area contributed by atoms with Crippen LogP contribution in [-0.4, -0.2) is 39.3 Å². The van der Waals surface area contributed by atoms with E-state index >= 15 is 0 Å². The van der Waals surface area contributed by atoms with Crippen LogP contribution >= 0.6 is 11.8 Å². The number of carboxylic acid groups (broad SMARTS) is 1. The van der Waals surface area contributed by atoms with E-state index in [0.717, 1.165) is 11.8 Å². The highest BCUT2D eigenvalue weighted by Crippen LogP contribution is 2.14. The predicted octanol–water partition coefficient (Wildman–Crippen LogP) is 0.923. The molecule has 1 aromatic rings. The summed E-state index contributed by atoms with van der Waals surface area (Å²) < 4.78 is 0. The van der Waals surface area contributed by atoms with Crippen LogP contribution in [0.25, 0.3) is 0 Å². The van der Waals surface area contributed by atoms with E-state index < -0.39 is 16.9 Å². The van der Waals surface area contributed by atoms with Crippen LogP contribution in [0.5, 0.6) is 0 Å². The van der Waals surface area contributed by atoms with Gasteiger partial charge in [-0.05, 0) is 12.1 Å². The smallest absolute Gasteiger partial charge is 0.321 e. The Hall–Kier alpha value is -1.93. The zero-order valence-electron chi connectivity index (χ0n) is 9.81. The van der Waals surface area contributed by atoms with E-state index in [1.54, 1.807) is 0 Å². The SMILES string of the molecule is N[C@@H](CSCC(=O)c1ccc([N+](=O)[O-])cc1)C(=O)O. The molecule has 0 saturated heterocycles. The van der Waals surface area contributed by atoms with Crippen molar-refractivity contribution in [3.8, 4) is 0 Å². The molecule has 0 bridgehead atoms. The Morgan fingerprint density at radius 2 is 1.95 bits per heavy atom. The zero-order valence-corrected chi connectivity index (χ0v) is 10.6. The molecule has 0 aliphatic heterocycles. The maximum absolute atomic E-state index is 11.7. The Bertz CT molecular complexity index is 488. The summed E-state index contributed by atoms with van der Waals surface area (Å²) in [6.07, 6.45) is 0. The average Bonchev–Trinajstić information content (AvgIpc) is 2.38. The number of nitro groups is 1. The van der Waals surface area contributed by atoms with E-state index in [-0.39, 0.29) is 23.0 Å². The van der Waals surface area contributed by atoms with E-state index in [0.29, 0.717) is 5.56 Å². The van der Waals surface area contributed by atoms with Crippen LogP contribution in [0.4, 0.5) is 5.69 Å². The van der Waals surface area contributed by atoms with E-state index in [9.17, 15) is 19.7 Å². The number of non-ortho nitro benzene ring substituents is 1. The minimum Gasteiger partial charge on any atom is -0.480 e. The van der Waals surface area contributed by atoms with Crippen molar-refractivity contribution in [1.29, 1.82) is 0 Å². The fourth-order valence-corrected chi connectivity index (χ4v) is 2.07. The molecule has 19 heavy (non-hydrogen) atoms. The molecule has 7 nitrogen and oxygen atoms in total. The summed E-state index contributed by atoms with van der Waals surface area (Å²) in [4.78, 5) is 32.1. The van der Waals surface area contributed by atoms with Crippen molar-refractivity contribution >= 4 is 29.2 Å². The number of rotatable bonds is 7. The van der Waals surface area contributed by atoms with Crippen molar-refractivity contribution in [2.45, 2.75) is 6.04 Å². The summed E-state index contributed by atoms with van der Waals surface area (Å²) in [6.45, 7) is 0. The molecule has 1 aromatic carbocycles. The van der Waals surface area contributed by atoms with Crippen LogP contribution in [0.2, 0.25) is 0 Å². The average molecular weight is 284 g/mol. The highest BCUT2D eigenvalue weighted by molar-refractivity contribution is 8.00. The summed E-state index contributed by atoms with van der Waals surface area (Å²) >= 11 is 1.11. The van der Waals surface area contributed by atoms with Crippen molar-refractivity contribution in [3.05, 3.63) is 39.9 Å². The van der Waals surface area contributed by atoms with Gasteiger partial charge in [0.15, 0.2) is 5.78 Å². The third-order valence-electron chi connectivity index (χ3n) is 2.25. The molecule has 1 atom stereocenters. The van der Waals surface area contributed by atoms with Gasteiger partial charge in [-0.1, -0.05) is 0 Å². The molecular formula is C11H12N2O5S. The third kappa shape index (κ3) is 4.68. The lowest BCUT2D eigenvalue weighted by Gasteiger charge is -2.05. The molecule has 3 N–H and O–H groups in total. The lowest BCUT2D eigenvalue weighted by atomic mass is 10.1. The van der Waals surface area contributed by atoms with Crippen molar-refractivity contribution in [1.82, 2.24) is 0 Å². The lowest BCUT2D eigenvalue weighted by molar-refractivity contribution is -0.384. The molecule has 0 amide bonds. The molecule has 0 radical (unpaired) electrons. The summed E-state index contributed by atoms with van der Waals surface area (Å²) in [7, 11) is 0. The second-order valence-electron chi connectivity index (χ2n) is 3.69. The number of carboxylic acids is 1. The Labute approximate surface area is 112 Å². The fraction of sp³-hybridized carbons (Fsp3) is 0.273. The largest absolute Gasteiger partial charge is 0.480 e. The topological polar surface area (TPSA) is 124 Å². The van der Waals surface area contributed by atoms with Crippen molar-refractivity contribution < 1.29 is 19.6 Å². The third-order valence-corrected chi connectivity index (χ3v) is 3.31. The molecular weight excluding hydrogens is 272 g/mol.